The summed E-state index contributed by atoms with van der Waals surface area (Å²) in [6.07, 6.45) is 0. The second-order valence-corrected chi connectivity index (χ2v) is 3.83. The lowest BCUT2D eigenvalue weighted by Crippen LogP contribution is -2.28. The number of aromatic nitrogens is 3. The van der Waals surface area contributed by atoms with E-state index < -0.39 is 0 Å². The number of nitrogens with one attached hydrogen (secondary N) is 1. The summed E-state index contributed by atoms with van der Waals surface area (Å²) < 4.78 is 10.6. The average molecular weight is 269 g/mol. The van der Waals surface area contributed by atoms with E-state index in [1.165, 1.54) is 7.11 Å². The van der Waals surface area contributed by atoms with E-state index in [9.17, 15) is 0 Å². The largest absolute Gasteiger partial charge is 0.467 e. The van der Waals surface area contributed by atoms with Gasteiger partial charge in [-0.05, 0) is 20.0 Å². The summed E-state index contributed by atoms with van der Waals surface area (Å²) in [7, 11) is 1.52. The highest BCUT2D eigenvalue weighted by atomic mass is 16.5. The van der Waals surface area contributed by atoms with Crippen molar-refractivity contribution >= 4 is 5.95 Å². The molecule has 0 aliphatic heterocycles. The summed E-state index contributed by atoms with van der Waals surface area (Å²) in [5.41, 5.74) is 0. The minimum Gasteiger partial charge on any atom is -0.467 e. The Hall–Kier alpha value is -1.63. The van der Waals surface area contributed by atoms with E-state index in [-0.39, 0.29) is 12.0 Å². The van der Waals surface area contributed by atoms with Gasteiger partial charge in [0, 0.05) is 13.1 Å². The molecule has 0 bridgehead atoms. The van der Waals surface area contributed by atoms with Crippen molar-refractivity contribution in [3.05, 3.63) is 0 Å². The Morgan fingerprint density at radius 2 is 1.74 bits per heavy atom. The van der Waals surface area contributed by atoms with Crippen molar-refractivity contribution < 1.29 is 9.47 Å². The van der Waals surface area contributed by atoms with Gasteiger partial charge < -0.3 is 19.7 Å². The molecular weight excluding hydrogens is 246 g/mol. The zero-order valence-corrected chi connectivity index (χ0v) is 12.1. The molecule has 0 atom stereocenters. The molecule has 1 N–H and O–H groups in total. The Balaban J connectivity index is 2.58. The first-order valence-corrected chi connectivity index (χ1v) is 6.62. The van der Waals surface area contributed by atoms with Crippen LogP contribution in [0.25, 0.3) is 0 Å². The number of likely N-dealkylation sites (N-methyl/N-ethyl adjacent to an activating group) is 1. The first-order chi connectivity index (χ1) is 9.23. The zero-order chi connectivity index (χ0) is 14.1. The molecule has 19 heavy (non-hydrogen) atoms. The quantitative estimate of drug-likeness (QED) is 0.718. The third-order valence-electron chi connectivity index (χ3n) is 2.64. The maximum absolute atomic E-state index is 5.55. The molecule has 1 aromatic heterocycles. The van der Waals surface area contributed by atoms with Crippen LogP contribution in [0, 0.1) is 0 Å². The van der Waals surface area contributed by atoms with Crippen LogP contribution >= 0.6 is 0 Å². The molecule has 0 aliphatic rings. The normalized spacial score (nSPS) is 10.6. The van der Waals surface area contributed by atoms with Gasteiger partial charge in [0.25, 0.3) is 0 Å². The Morgan fingerprint density at radius 3 is 2.32 bits per heavy atom. The highest BCUT2D eigenvalue weighted by molar-refractivity contribution is 5.27. The molecule has 0 amide bonds. The van der Waals surface area contributed by atoms with Gasteiger partial charge in [-0.15, -0.1) is 4.98 Å². The van der Waals surface area contributed by atoms with Gasteiger partial charge in [-0.1, -0.05) is 13.8 Å². The molecule has 7 nitrogen and oxygen atoms in total. The second-order valence-electron chi connectivity index (χ2n) is 3.83. The molecule has 0 aromatic carbocycles. The number of methoxy groups -OCH3 is 1. The standard InChI is InChI=1S/C12H23N5O2/c1-5-13-10-14-11(18-4)16-12(15-10)19-9-8-17(6-2)7-3/h5-9H2,1-4H3,(H,13,14,15,16). The van der Waals surface area contributed by atoms with Crippen LogP contribution < -0.4 is 14.8 Å². The van der Waals surface area contributed by atoms with Crippen molar-refractivity contribution in [2.75, 3.05) is 45.2 Å². The van der Waals surface area contributed by atoms with Crippen LogP contribution in [0.1, 0.15) is 20.8 Å². The highest BCUT2D eigenvalue weighted by Crippen LogP contribution is 2.12. The molecule has 0 spiro atoms. The molecule has 1 rings (SSSR count). The maximum atomic E-state index is 5.55. The molecule has 0 saturated carbocycles. The van der Waals surface area contributed by atoms with E-state index in [1.54, 1.807) is 0 Å². The molecule has 7 heteroatoms. The molecule has 0 radical (unpaired) electrons. The van der Waals surface area contributed by atoms with Crippen LogP contribution in [0.4, 0.5) is 5.95 Å². The van der Waals surface area contributed by atoms with E-state index in [0.29, 0.717) is 12.6 Å². The molecule has 0 unspecified atom stereocenters. The minimum atomic E-state index is 0.254. The van der Waals surface area contributed by atoms with Gasteiger partial charge in [-0.3, -0.25) is 0 Å². The van der Waals surface area contributed by atoms with Crippen molar-refractivity contribution in [3.8, 4) is 12.0 Å². The number of rotatable bonds is 9. The third kappa shape index (κ3) is 5.25. The average Bonchev–Trinajstić information content (AvgIpc) is 2.43. The van der Waals surface area contributed by atoms with Crippen LogP contribution in [0.3, 0.4) is 0 Å². The molecule has 0 saturated heterocycles. The zero-order valence-electron chi connectivity index (χ0n) is 12.1. The smallest absolute Gasteiger partial charge is 0.324 e. The fourth-order valence-corrected chi connectivity index (χ4v) is 1.54. The van der Waals surface area contributed by atoms with Crippen molar-refractivity contribution in [1.82, 2.24) is 19.9 Å². The predicted octanol–water partition coefficient (Wildman–Crippen LogP) is 1.03. The summed E-state index contributed by atoms with van der Waals surface area (Å²) in [5.74, 6) is 0.465. The van der Waals surface area contributed by atoms with Gasteiger partial charge >= 0.3 is 12.0 Å². The van der Waals surface area contributed by atoms with Crippen molar-refractivity contribution in [2.45, 2.75) is 20.8 Å². The Kier molecular flexibility index (Phi) is 6.88. The monoisotopic (exact) mass is 269 g/mol. The van der Waals surface area contributed by atoms with E-state index in [1.807, 2.05) is 6.92 Å². The van der Waals surface area contributed by atoms with Gasteiger partial charge in [0.1, 0.15) is 6.61 Å². The lowest BCUT2D eigenvalue weighted by Gasteiger charge is -2.17. The highest BCUT2D eigenvalue weighted by Gasteiger charge is 2.08. The van der Waals surface area contributed by atoms with Gasteiger partial charge in [-0.2, -0.15) is 9.97 Å². The third-order valence-corrected chi connectivity index (χ3v) is 2.64. The summed E-state index contributed by atoms with van der Waals surface area (Å²) in [5, 5.41) is 3.01. The SMILES string of the molecule is CCNc1nc(OC)nc(OCCN(CC)CC)n1. The van der Waals surface area contributed by atoms with Crippen molar-refractivity contribution in [1.29, 1.82) is 0 Å². The first kappa shape index (κ1) is 15.4. The topological polar surface area (TPSA) is 72.4 Å². The first-order valence-electron chi connectivity index (χ1n) is 6.62. The Labute approximate surface area is 114 Å². The van der Waals surface area contributed by atoms with E-state index >= 15 is 0 Å². The predicted molar refractivity (Wildman–Crippen MR) is 73.8 cm³/mol. The number of nitrogens with zero attached hydrogens (tertiary/aromatic N) is 4. The number of hydrogen-bond acceptors (Lipinski definition) is 7. The lowest BCUT2D eigenvalue weighted by molar-refractivity contribution is 0.210. The van der Waals surface area contributed by atoms with Crippen LogP contribution in [0.5, 0.6) is 12.0 Å². The van der Waals surface area contributed by atoms with Crippen molar-refractivity contribution in [2.24, 2.45) is 0 Å². The summed E-state index contributed by atoms with van der Waals surface area (Å²) in [6.45, 7) is 10.3. The van der Waals surface area contributed by atoms with Gasteiger partial charge in [0.05, 0.1) is 7.11 Å². The fraction of sp³-hybridized carbons (Fsp3) is 0.750. The fourth-order valence-electron chi connectivity index (χ4n) is 1.54. The van der Waals surface area contributed by atoms with E-state index in [2.05, 4.69) is 39.0 Å². The number of ether oxygens (including phenoxy) is 2. The summed E-state index contributed by atoms with van der Waals surface area (Å²) >= 11 is 0. The molecule has 0 fully saturated rings. The molecule has 108 valence electrons. The molecular formula is C12H23N5O2. The van der Waals surface area contributed by atoms with E-state index in [0.717, 1.165) is 26.2 Å². The van der Waals surface area contributed by atoms with Crippen LogP contribution in [-0.4, -0.2) is 59.7 Å². The second kappa shape index (κ2) is 8.47. The number of anilines is 1. The summed E-state index contributed by atoms with van der Waals surface area (Å²) in [4.78, 5) is 14.6. The lowest BCUT2D eigenvalue weighted by atomic mass is 10.5. The number of hydrogen-bond donors (Lipinski definition) is 1. The van der Waals surface area contributed by atoms with Crippen LogP contribution in [0.15, 0.2) is 0 Å². The van der Waals surface area contributed by atoms with Crippen LogP contribution in [0.2, 0.25) is 0 Å². The van der Waals surface area contributed by atoms with Gasteiger partial charge in [0.2, 0.25) is 5.95 Å². The van der Waals surface area contributed by atoms with Crippen LogP contribution in [-0.2, 0) is 0 Å². The van der Waals surface area contributed by atoms with Gasteiger partial charge in [0.15, 0.2) is 0 Å². The minimum absolute atomic E-state index is 0.254. The maximum Gasteiger partial charge on any atom is 0.324 e. The molecule has 1 heterocycles. The summed E-state index contributed by atoms with van der Waals surface area (Å²) in [6, 6.07) is 0.541. The van der Waals surface area contributed by atoms with Gasteiger partial charge in [-0.25, -0.2) is 0 Å². The van der Waals surface area contributed by atoms with E-state index in [4.69, 9.17) is 9.47 Å². The Bertz CT molecular complexity index is 371. The molecule has 1 aromatic rings. The Morgan fingerprint density at radius 1 is 1.05 bits per heavy atom. The molecule has 0 aliphatic carbocycles. The van der Waals surface area contributed by atoms with Crippen molar-refractivity contribution in [3.63, 3.8) is 0 Å².